The van der Waals surface area contributed by atoms with Crippen molar-refractivity contribution in [2.75, 3.05) is 19.6 Å². The molecular weight excluding hydrogens is 240 g/mol. The van der Waals surface area contributed by atoms with Gasteiger partial charge in [-0.15, -0.1) is 12.4 Å². The minimum absolute atomic E-state index is 0. The Labute approximate surface area is 96.8 Å². The minimum atomic E-state index is -0.750. The number of alkyl halides is 3. The van der Waals surface area contributed by atoms with Gasteiger partial charge in [-0.3, -0.25) is 0 Å². The summed E-state index contributed by atoms with van der Waals surface area (Å²) >= 11 is 14.4. The maximum atomic E-state index is 4.81. The molecule has 0 aromatic heterocycles. The topological polar surface area (TPSA) is 3.24 Å². The van der Waals surface area contributed by atoms with Crippen LogP contribution in [0.1, 0.15) is 20.8 Å². The molecule has 0 unspecified atom stereocenters. The first-order valence-electron chi connectivity index (χ1n) is 3.72. The van der Waals surface area contributed by atoms with Crippen LogP contribution in [0.4, 0.5) is 0 Å². The van der Waals surface area contributed by atoms with Crippen molar-refractivity contribution >= 4 is 47.2 Å². The van der Waals surface area contributed by atoms with Crippen molar-refractivity contribution in [2.45, 2.75) is 25.1 Å². The van der Waals surface area contributed by atoms with Crippen LogP contribution in [0, 0.1) is 0 Å². The fourth-order valence-corrected chi connectivity index (χ4v) is 0.671. The van der Waals surface area contributed by atoms with Gasteiger partial charge in [-0.1, -0.05) is 55.6 Å². The summed E-state index contributed by atoms with van der Waals surface area (Å²) in [5, 5.41) is 0. The molecule has 12 heavy (non-hydrogen) atoms. The fourth-order valence-electron chi connectivity index (χ4n) is 0.671. The lowest BCUT2D eigenvalue weighted by Crippen LogP contribution is -2.21. The van der Waals surface area contributed by atoms with E-state index in [2.05, 4.69) is 25.7 Å². The fraction of sp³-hybridized carbons (Fsp3) is 1.00. The number of halogens is 4. The van der Waals surface area contributed by atoms with Crippen LogP contribution in [0.15, 0.2) is 0 Å². The van der Waals surface area contributed by atoms with Crippen LogP contribution in [0.3, 0.4) is 0 Å². The molecule has 0 amide bonds. The molecule has 0 bridgehead atoms. The van der Waals surface area contributed by atoms with Gasteiger partial charge in [-0.25, -0.2) is 0 Å². The summed E-state index contributed by atoms with van der Waals surface area (Å²) in [4.78, 5) is 2.38. The van der Waals surface area contributed by atoms with E-state index in [4.69, 9.17) is 34.8 Å². The molecular formula is C7H17Cl4N. The van der Waals surface area contributed by atoms with Crippen molar-refractivity contribution in [1.29, 1.82) is 0 Å². The Kier molecular flexibility index (Phi) is 22.9. The van der Waals surface area contributed by atoms with E-state index in [-0.39, 0.29) is 12.4 Å². The molecule has 0 radical (unpaired) electrons. The lowest BCUT2D eigenvalue weighted by molar-refractivity contribution is 0.321. The van der Waals surface area contributed by atoms with E-state index >= 15 is 0 Å². The van der Waals surface area contributed by atoms with Gasteiger partial charge in [-0.2, -0.15) is 0 Å². The lowest BCUT2D eigenvalue weighted by atomic mass is 10.5. The van der Waals surface area contributed by atoms with Gasteiger partial charge >= 0.3 is 0 Å². The van der Waals surface area contributed by atoms with Crippen LogP contribution >= 0.6 is 47.2 Å². The Bertz CT molecular complexity index is 58.2. The van der Waals surface area contributed by atoms with Gasteiger partial charge in [0, 0.05) is 0 Å². The third kappa shape index (κ3) is 22.5. The standard InChI is InChI=1S/C6H15N.CHCl3.ClH/c1-4-7(5-2)6-3;2-1(3)4;/h4-6H2,1-3H3;1H;1H. The van der Waals surface area contributed by atoms with E-state index in [0.717, 1.165) is 0 Å². The van der Waals surface area contributed by atoms with Crippen LogP contribution in [-0.2, 0) is 0 Å². The maximum absolute atomic E-state index is 4.81. The highest BCUT2D eigenvalue weighted by molar-refractivity contribution is 6.63. The zero-order chi connectivity index (χ0) is 9.28. The Morgan fingerprint density at radius 1 is 0.917 bits per heavy atom. The van der Waals surface area contributed by atoms with Gasteiger partial charge in [0.15, 0.2) is 4.30 Å². The third-order valence-corrected chi connectivity index (χ3v) is 1.34. The first kappa shape index (κ1) is 18.8. The average Bonchev–Trinajstić information content (AvgIpc) is 1.90. The highest BCUT2D eigenvalue weighted by atomic mass is 35.6. The van der Waals surface area contributed by atoms with Crippen molar-refractivity contribution < 1.29 is 0 Å². The second kappa shape index (κ2) is 14.6. The third-order valence-electron chi connectivity index (χ3n) is 1.34. The second-order valence-electron chi connectivity index (χ2n) is 1.87. The molecule has 0 N–H and O–H groups in total. The van der Waals surface area contributed by atoms with Crippen molar-refractivity contribution in [1.82, 2.24) is 4.90 Å². The van der Waals surface area contributed by atoms with Gasteiger partial charge in [0.2, 0.25) is 0 Å². The Morgan fingerprint density at radius 3 is 1.08 bits per heavy atom. The number of rotatable bonds is 3. The Balaban J connectivity index is -0.000000142. The summed E-state index contributed by atoms with van der Waals surface area (Å²) in [7, 11) is 0. The van der Waals surface area contributed by atoms with Crippen LogP contribution in [0.2, 0.25) is 0 Å². The van der Waals surface area contributed by atoms with Crippen LogP contribution in [0.5, 0.6) is 0 Å². The Morgan fingerprint density at radius 2 is 1.08 bits per heavy atom. The average molecular weight is 257 g/mol. The minimum Gasteiger partial charge on any atom is -0.304 e. The molecule has 0 fully saturated rings. The van der Waals surface area contributed by atoms with Crippen molar-refractivity contribution in [3.05, 3.63) is 0 Å². The first-order valence-corrected chi connectivity index (χ1v) is 5.03. The van der Waals surface area contributed by atoms with Gasteiger partial charge in [0.1, 0.15) is 0 Å². The first-order chi connectivity index (χ1) is 5.08. The predicted octanol–water partition coefficient (Wildman–Crippen LogP) is 3.76. The van der Waals surface area contributed by atoms with Crippen molar-refractivity contribution in [3.8, 4) is 0 Å². The SMILES string of the molecule is CCN(CC)CC.Cl.ClC(Cl)Cl. The molecule has 0 aromatic rings. The summed E-state index contributed by atoms with van der Waals surface area (Å²) in [6, 6.07) is 0. The number of hydrogen-bond donors (Lipinski definition) is 0. The van der Waals surface area contributed by atoms with Gasteiger partial charge in [0.25, 0.3) is 0 Å². The molecule has 0 saturated carbocycles. The highest BCUT2D eigenvalue weighted by Gasteiger charge is 1.89. The van der Waals surface area contributed by atoms with E-state index < -0.39 is 4.30 Å². The molecule has 0 rings (SSSR count). The van der Waals surface area contributed by atoms with Gasteiger partial charge < -0.3 is 4.90 Å². The lowest BCUT2D eigenvalue weighted by Gasteiger charge is -2.13. The molecule has 0 aliphatic heterocycles. The molecule has 0 aromatic carbocycles. The van der Waals surface area contributed by atoms with E-state index in [1.807, 2.05) is 0 Å². The Hall–Kier alpha value is 1.12. The normalized spacial score (nSPS) is 9.00. The number of nitrogens with zero attached hydrogens (tertiary/aromatic N) is 1. The molecule has 0 atom stereocenters. The summed E-state index contributed by atoms with van der Waals surface area (Å²) in [6.07, 6.45) is 0. The molecule has 0 heterocycles. The zero-order valence-corrected chi connectivity index (χ0v) is 10.8. The maximum Gasteiger partial charge on any atom is 0.180 e. The largest absolute Gasteiger partial charge is 0.304 e. The van der Waals surface area contributed by atoms with Crippen LogP contribution in [-0.4, -0.2) is 28.8 Å². The number of hydrogen-bond acceptors (Lipinski definition) is 1. The molecule has 78 valence electrons. The molecule has 0 spiro atoms. The van der Waals surface area contributed by atoms with E-state index in [1.54, 1.807) is 0 Å². The smallest absolute Gasteiger partial charge is 0.180 e. The quantitative estimate of drug-likeness (QED) is 0.696. The molecule has 0 saturated heterocycles. The van der Waals surface area contributed by atoms with Crippen LogP contribution in [0.25, 0.3) is 0 Å². The van der Waals surface area contributed by atoms with Gasteiger partial charge in [-0.05, 0) is 19.6 Å². The van der Waals surface area contributed by atoms with Gasteiger partial charge in [0.05, 0.1) is 0 Å². The molecule has 0 aliphatic rings. The van der Waals surface area contributed by atoms with Crippen molar-refractivity contribution in [3.63, 3.8) is 0 Å². The summed E-state index contributed by atoms with van der Waals surface area (Å²) in [5.74, 6) is 0. The zero-order valence-electron chi connectivity index (χ0n) is 7.69. The molecule has 0 aliphatic carbocycles. The summed E-state index contributed by atoms with van der Waals surface area (Å²) in [5.41, 5.74) is 0. The summed E-state index contributed by atoms with van der Waals surface area (Å²) in [6.45, 7) is 10.1. The monoisotopic (exact) mass is 255 g/mol. The highest BCUT2D eigenvalue weighted by Crippen LogP contribution is 2.03. The van der Waals surface area contributed by atoms with E-state index in [9.17, 15) is 0 Å². The predicted molar refractivity (Wildman–Crippen MR) is 62.1 cm³/mol. The second-order valence-corrected chi connectivity index (χ2v) is 3.85. The molecule has 1 nitrogen and oxygen atoms in total. The van der Waals surface area contributed by atoms with Crippen LogP contribution < -0.4 is 0 Å². The van der Waals surface area contributed by atoms with Crippen molar-refractivity contribution in [2.24, 2.45) is 0 Å². The van der Waals surface area contributed by atoms with E-state index in [1.165, 1.54) is 19.6 Å². The summed E-state index contributed by atoms with van der Waals surface area (Å²) < 4.78 is -0.750. The van der Waals surface area contributed by atoms with E-state index in [0.29, 0.717) is 0 Å². The molecule has 5 heteroatoms.